The van der Waals surface area contributed by atoms with Crippen molar-refractivity contribution in [2.45, 2.75) is 12.2 Å². The molecule has 2 atom stereocenters. The minimum absolute atomic E-state index is 0.0480. The van der Waals surface area contributed by atoms with Gasteiger partial charge in [-0.1, -0.05) is 52.9 Å². The molecule has 0 aliphatic carbocycles. The average Bonchev–Trinajstić information content (AvgIpc) is 2.27. The van der Waals surface area contributed by atoms with Gasteiger partial charge >= 0.3 is 0 Å². The fourth-order valence-electron chi connectivity index (χ4n) is 1.30. The fraction of sp³-hybridized carbons (Fsp3) is 0.400. The summed E-state index contributed by atoms with van der Waals surface area (Å²) in [6.07, 6.45) is -0.603. The van der Waals surface area contributed by atoms with Gasteiger partial charge in [0, 0.05) is 17.5 Å². The molecule has 0 aliphatic heterocycles. The zero-order chi connectivity index (χ0) is 10.4. The van der Waals surface area contributed by atoms with Crippen molar-refractivity contribution in [2.75, 3.05) is 11.5 Å². The molecule has 0 spiro atoms. The molecule has 1 N–H and O–H groups in total. The van der Waals surface area contributed by atoms with Crippen LogP contribution in [0.15, 0.2) is 30.3 Å². The molecule has 0 fully saturated rings. The van der Waals surface area contributed by atoms with Gasteiger partial charge in [-0.15, -0.1) is 0 Å². The standard InChI is InChI=1S/C10H13IO3/c1-13-10(14-12)9(7-11)8-5-3-2-4-6-8/h2-6,9-10,12H,7H2,1H3/t9-,10-/m0/s1. The number of benzene rings is 1. The number of halogens is 1. The van der Waals surface area contributed by atoms with Gasteiger partial charge in [-0.2, -0.15) is 0 Å². The van der Waals surface area contributed by atoms with E-state index in [2.05, 4.69) is 27.5 Å². The molecule has 0 heterocycles. The first-order valence-corrected chi connectivity index (χ1v) is 5.80. The summed E-state index contributed by atoms with van der Waals surface area (Å²) in [6.45, 7) is 0. The third-order valence-electron chi connectivity index (χ3n) is 2.06. The molecular weight excluding hydrogens is 295 g/mol. The zero-order valence-electron chi connectivity index (χ0n) is 7.89. The maximum Gasteiger partial charge on any atom is 0.198 e. The lowest BCUT2D eigenvalue weighted by Crippen LogP contribution is -2.24. The largest absolute Gasteiger partial charge is 0.353 e. The number of methoxy groups -OCH3 is 1. The van der Waals surface area contributed by atoms with Crippen LogP contribution < -0.4 is 0 Å². The summed E-state index contributed by atoms with van der Waals surface area (Å²) in [7, 11) is 1.52. The lowest BCUT2D eigenvalue weighted by Gasteiger charge is -2.21. The molecule has 4 heteroatoms. The summed E-state index contributed by atoms with van der Waals surface area (Å²) < 4.78 is 5.85. The molecule has 78 valence electrons. The normalized spacial score (nSPS) is 15.1. The van der Waals surface area contributed by atoms with Crippen molar-refractivity contribution >= 4 is 22.6 Å². The molecule has 14 heavy (non-hydrogen) atoms. The molecule has 1 rings (SSSR count). The van der Waals surface area contributed by atoms with E-state index in [4.69, 9.17) is 9.99 Å². The lowest BCUT2D eigenvalue weighted by atomic mass is 10.0. The average molecular weight is 308 g/mol. The van der Waals surface area contributed by atoms with Crippen LogP contribution in [0.2, 0.25) is 0 Å². The molecule has 0 unspecified atom stereocenters. The smallest absolute Gasteiger partial charge is 0.198 e. The maximum absolute atomic E-state index is 8.66. The van der Waals surface area contributed by atoms with E-state index in [1.165, 1.54) is 7.11 Å². The minimum Gasteiger partial charge on any atom is -0.353 e. The highest BCUT2D eigenvalue weighted by atomic mass is 127. The van der Waals surface area contributed by atoms with Crippen LogP contribution in [0.5, 0.6) is 0 Å². The molecule has 0 radical (unpaired) electrons. The minimum atomic E-state index is -0.603. The first kappa shape index (κ1) is 11.9. The van der Waals surface area contributed by atoms with Crippen molar-refractivity contribution in [1.29, 1.82) is 0 Å². The summed E-state index contributed by atoms with van der Waals surface area (Å²) in [5.74, 6) is 0.0480. The van der Waals surface area contributed by atoms with E-state index in [0.29, 0.717) is 0 Å². The highest BCUT2D eigenvalue weighted by molar-refractivity contribution is 14.1. The van der Waals surface area contributed by atoms with E-state index < -0.39 is 6.29 Å². The summed E-state index contributed by atoms with van der Waals surface area (Å²) in [6, 6.07) is 9.86. The predicted molar refractivity (Wildman–Crippen MR) is 62.6 cm³/mol. The molecule has 1 aromatic rings. The van der Waals surface area contributed by atoms with Crippen molar-refractivity contribution in [2.24, 2.45) is 0 Å². The van der Waals surface area contributed by atoms with Gasteiger partial charge in [-0.3, -0.25) is 0 Å². The predicted octanol–water partition coefficient (Wildman–Crippen LogP) is 2.67. The Labute approximate surface area is 97.1 Å². The molecule has 0 aliphatic rings. The Kier molecular flexibility index (Phi) is 5.39. The molecule has 0 bridgehead atoms. The number of rotatable bonds is 5. The molecule has 3 nitrogen and oxygen atoms in total. The fourth-order valence-corrected chi connectivity index (χ4v) is 2.22. The Balaban J connectivity index is 2.81. The van der Waals surface area contributed by atoms with Crippen LogP contribution in [0, 0.1) is 0 Å². The summed E-state index contributed by atoms with van der Waals surface area (Å²) in [5, 5.41) is 8.66. The quantitative estimate of drug-likeness (QED) is 0.299. The van der Waals surface area contributed by atoms with Gasteiger partial charge in [0.15, 0.2) is 6.29 Å². The van der Waals surface area contributed by atoms with Crippen molar-refractivity contribution in [1.82, 2.24) is 0 Å². The summed E-state index contributed by atoms with van der Waals surface area (Å²) >= 11 is 2.24. The Morgan fingerprint density at radius 1 is 1.36 bits per heavy atom. The van der Waals surface area contributed by atoms with Crippen LogP contribution in [0.1, 0.15) is 11.5 Å². The monoisotopic (exact) mass is 308 g/mol. The van der Waals surface area contributed by atoms with Gasteiger partial charge in [0.1, 0.15) is 0 Å². The highest BCUT2D eigenvalue weighted by Crippen LogP contribution is 2.24. The van der Waals surface area contributed by atoms with Gasteiger partial charge in [0.25, 0.3) is 0 Å². The SMILES string of the molecule is CO[C@@H](OO)[C@@H](CI)c1ccccc1. The summed E-state index contributed by atoms with van der Waals surface area (Å²) in [5.41, 5.74) is 1.10. The van der Waals surface area contributed by atoms with Crippen LogP contribution in [-0.4, -0.2) is 23.1 Å². The second-order valence-corrected chi connectivity index (χ2v) is 3.76. The molecule has 0 amide bonds. The van der Waals surface area contributed by atoms with E-state index in [1.807, 2.05) is 30.3 Å². The Bertz CT molecular complexity index is 249. The third kappa shape index (κ3) is 2.91. The van der Waals surface area contributed by atoms with Crippen molar-refractivity contribution in [3.8, 4) is 0 Å². The lowest BCUT2D eigenvalue weighted by molar-refractivity contribution is -0.345. The van der Waals surface area contributed by atoms with Gasteiger partial charge in [0.05, 0.1) is 0 Å². The van der Waals surface area contributed by atoms with E-state index in [9.17, 15) is 0 Å². The second-order valence-electron chi connectivity index (χ2n) is 2.88. The Hall–Kier alpha value is -0.170. The van der Waals surface area contributed by atoms with Gasteiger partial charge in [0.2, 0.25) is 0 Å². The van der Waals surface area contributed by atoms with Crippen molar-refractivity contribution in [3.05, 3.63) is 35.9 Å². The molecule has 0 aromatic heterocycles. The molecule has 0 saturated carbocycles. The van der Waals surface area contributed by atoms with Crippen LogP contribution in [0.25, 0.3) is 0 Å². The van der Waals surface area contributed by atoms with Crippen molar-refractivity contribution < 1.29 is 14.9 Å². The van der Waals surface area contributed by atoms with Gasteiger partial charge in [-0.25, -0.2) is 10.1 Å². The first-order chi connectivity index (χ1) is 6.83. The second kappa shape index (κ2) is 6.34. The first-order valence-electron chi connectivity index (χ1n) is 4.27. The Morgan fingerprint density at radius 2 is 2.00 bits per heavy atom. The third-order valence-corrected chi connectivity index (χ3v) is 3.01. The van der Waals surface area contributed by atoms with Crippen LogP contribution in [0.4, 0.5) is 0 Å². The van der Waals surface area contributed by atoms with Crippen LogP contribution in [0.3, 0.4) is 0 Å². The number of ether oxygens (including phenoxy) is 1. The van der Waals surface area contributed by atoms with Crippen LogP contribution in [-0.2, 0) is 9.62 Å². The zero-order valence-corrected chi connectivity index (χ0v) is 10.0. The van der Waals surface area contributed by atoms with E-state index in [-0.39, 0.29) is 5.92 Å². The molecular formula is C10H13IO3. The number of hydrogen-bond acceptors (Lipinski definition) is 3. The highest BCUT2D eigenvalue weighted by Gasteiger charge is 2.22. The number of alkyl halides is 1. The number of hydrogen-bond donors (Lipinski definition) is 1. The van der Waals surface area contributed by atoms with E-state index in [1.54, 1.807) is 0 Å². The summed E-state index contributed by atoms with van der Waals surface area (Å²) in [4.78, 5) is 4.28. The van der Waals surface area contributed by atoms with Crippen molar-refractivity contribution in [3.63, 3.8) is 0 Å². The topological polar surface area (TPSA) is 38.7 Å². The molecule has 1 aromatic carbocycles. The van der Waals surface area contributed by atoms with Crippen LogP contribution >= 0.6 is 22.6 Å². The van der Waals surface area contributed by atoms with Gasteiger partial charge in [-0.05, 0) is 5.56 Å². The maximum atomic E-state index is 8.66. The molecule has 0 saturated heterocycles. The Morgan fingerprint density at radius 3 is 2.43 bits per heavy atom. The van der Waals surface area contributed by atoms with E-state index >= 15 is 0 Å². The van der Waals surface area contributed by atoms with E-state index in [0.717, 1.165) is 9.99 Å². The van der Waals surface area contributed by atoms with Gasteiger partial charge < -0.3 is 4.74 Å².